The molecule has 3 heteroatoms. The predicted molar refractivity (Wildman–Crippen MR) is 120 cm³/mol. The van der Waals surface area contributed by atoms with Gasteiger partial charge in [-0.2, -0.15) is 0 Å². The zero-order valence-electron chi connectivity index (χ0n) is 15.5. The van der Waals surface area contributed by atoms with E-state index in [-0.39, 0.29) is 11.9 Å². The Morgan fingerprint density at radius 3 is 2.52 bits per heavy atom. The molecule has 0 fully saturated rings. The summed E-state index contributed by atoms with van der Waals surface area (Å²) in [6.45, 7) is 4.27. The molecule has 0 unspecified atom stereocenters. The number of nitrogens with zero attached hydrogens (tertiary/aromatic N) is 1. The number of aryl methyl sites for hydroxylation is 1. The van der Waals surface area contributed by atoms with Gasteiger partial charge in [0, 0.05) is 26.8 Å². The first-order valence-electron chi connectivity index (χ1n) is 9.29. The second-order valence-corrected chi connectivity index (χ2v) is 8.54. The van der Waals surface area contributed by atoms with Gasteiger partial charge in [-0.15, -0.1) is 0 Å². The maximum absolute atomic E-state index is 13.4. The first kappa shape index (κ1) is 18.2. The number of carbonyl (C=O) groups excluding carboxylic acids is 1. The monoisotopic (exact) mass is 467 g/mol. The lowest BCUT2D eigenvalue weighted by Crippen LogP contribution is -2.43. The van der Waals surface area contributed by atoms with Gasteiger partial charge >= 0.3 is 0 Å². The van der Waals surface area contributed by atoms with Crippen molar-refractivity contribution >= 4 is 34.2 Å². The molecular formula is C24H22INO. The van der Waals surface area contributed by atoms with E-state index in [0.717, 1.165) is 21.2 Å². The summed E-state index contributed by atoms with van der Waals surface area (Å²) in [5.74, 6) is 0.397. The second kappa shape index (κ2) is 7.47. The molecule has 0 N–H and O–H groups in total. The van der Waals surface area contributed by atoms with E-state index in [2.05, 4.69) is 85.0 Å². The van der Waals surface area contributed by atoms with Crippen LogP contribution in [0.3, 0.4) is 0 Å². The van der Waals surface area contributed by atoms with Gasteiger partial charge in [-0.1, -0.05) is 54.1 Å². The van der Waals surface area contributed by atoms with Crippen molar-refractivity contribution in [2.75, 3.05) is 4.90 Å². The van der Waals surface area contributed by atoms with Gasteiger partial charge in [0.15, 0.2) is 0 Å². The minimum Gasteiger partial charge on any atom is -0.305 e. The Morgan fingerprint density at radius 2 is 1.78 bits per heavy atom. The minimum atomic E-state index is 0.0811. The minimum absolute atomic E-state index is 0.0811. The molecule has 2 atom stereocenters. The normalized spacial score (nSPS) is 18.9. The summed E-state index contributed by atoms with van der Waals surface area (Å²) < 4.78 is 1.08. The number of fused-ring (bicyclic) bond motifs is 1. The average molecular weight is 467 g/mol. The van der Waals surface area contributed by atoms with E-state index in [9.17, 15) is 4.79 Å². The third kappa shape index (κ3) is 3.53. The van der Waals surface area contributed by atoms with Crippen molar-refractivity contribution in [2.45, 2.75) is 32.2 Å². The second-order valence-electron chi connectivity index (χ2n) is 7.30. The summed E-state index contributed by atoms with van der Waals surface area (Å²) in [7, 11) is 0. The first-order chi connectivity index (χ1) is 13.0. The SMILES string of the molecule is Cc1ccc2c(c1)[C@H](c1ccccc1)C[C@H](C)N2C(=O)c1cccc(I)c1. The quantitative estimate of drug-likeness (QED) is 0.413. The van der Waals surface area contributed by atoms with E-state index < -0.39 is 0 Å². The van der Waals surface area contributed by atoms with Crippen LogP contribution in [0.4, 0.5) is 5.69 Å². The van der Waals surface area contributed by atoms with Gasteiger partial charge in [-0.3, -0.25) is 4.79 Å². The highest BCUT2D eigenvalue weighted by Gasteiger charge is 2.34. The highest BCUT2D eigenvalue weighted by atomic mass is 127. The summed E-state index contributed by atoms with van der Waals surface area (Å²) in [5.41, 5.74) is 5.58. The van der Waals surface area contributed by atoms with Crippen molar-refractivity contribution in [1.82, 2.24) is 0 Å². The third-order valence-corrected chi connectivity index (χ3v) is 6.00. The molecule has 4 rings (SSSR count). The fourth-order valence-electron chi connectivity index (χ4n) is 4.05. The Kier molecular flexibility index (Phi) is 5.04. The molecule has 1 amide bonds. The molecule has 136 valence electrons. The number of rotatable bonds is 2. The van der Waals surface area contributed by atoms with Crippen LogP contribution < -0.4 is 4.90 Å². The van der Waals surface area contributed by atoms with Crippen LogP contribution in [-0.4, -0.2) is 11.9 Å². The van der Waals surface area contributed by atoms with E-state index in [1.54, 1.807) is 0 Å². The fourth-order valence-corrected chi connectivity index (χ4v) is 4.60. The van der Waals surface area contributed by atoms with Crippen LogP contribution in [0.2, 0.25) is 0 Å². The molecule has 1 aliphatic rings. The van der Waals surface area contributed by atoms with E-state index in [1.807, 2.05) is 29.2 Å². The number of hydrogen-bond donors (Lipinski definition) is 0. The summed E-state index contributed by atoms with van der Waals surface area (Å²) >= 11 is 2.26. The van der Waals surface area contributed by atoms with Crippen LogP contribution in [0, 0.1) is 10.5 Å². The largest absolute Gasteiger partial charge is 0.305 e. The van der Waals surface area contributed by atoms with Crippen LogP contribution in [0.15, 0.2) is 72.8 Å². The molecule has 0 aromatic heterocycles. The molecule has 0 bridgehead atoms. The van der Waals surface area contributed by atoms with Gasteiger partial charge in [0.25, 0.3) is 5.91 Å². The zero-order chi connectivity index (χ0) is 19.0. The number of halogens is 1. The van der Waals surface area contributed by atoms with Crippen LogP contribution in [0.1, 0.15) is 46.3 Å². The Bertz CT molecular complexity index is 983. The van der Waals surface area contributed by atoms with Gasteiger partial charge < -0.3 is 4.90 Å². The molecule has 0 saturated heterocycles. The average Bonchev–Trinajstić information content (AvgIpc) is 2.68. The summed E-state index contributed by atoms with van der Waals surface area (Å²) in [6, 6.07) is 25.1. The summed E-state index contributed by atoms with van der Waals surface area (Å²) in [4.78, 5) is 15.4. The van der Waals surface area contributed by atoms with E-state index in [4.69, 9.17) is 0 Å². The van der Waals surface area contributed by atoms with Gasteiger partial charge in [0.2, 0.25) is 0 Å². The van der Waals surface area contributed by atoms with Gasteiger partial charge in [-0.25, -0.2) is 0 Å². The molecule has 1 aliphatic heterocycles. The van der Waals surface area contributed by atoms with Crippen LogP contribution in [0.25, 0.3) is 0 Å². The summed E-state index contributed by atoms with van der Waals surface area (Å²) in [6.07, 6.45) is 0.927. The standard InChI is InChI=1S/C24H22INO/c1-16-11-12-23-22(13-16)21(18-7-4-3-5-8-18)14-17(2)26(23)24(27)19-9-6-10-20(25)15-19/h3-13,15,17,21H,14H2,1-2H3/t17-,21-/m0/s1. The van der Waals surface area contributed by atoms with Crippen molar-refractivity contribution in [3.05, 3.63) is 98.6 Å². The maximum Gasteiger partial charge on any atom is 0.258 e. The topological polar surface area (TPSA) is 20.3 Å². The van der Waals surface area contributed by atoms with Crippen LogP contribution >= 0.6 is 22.6 Å². The number of hydrogen-bond acceptors (Lipinski definition) is 1. The molecule has 0 aliphatic carbocycles. The Morgan fingerprint density at radius 1 is 1.00 bits per heavy atom. The van der Waals surface area contributed by atoms with Crippen LogP contribution in [-0.2, 0) is 0 Å². The predicted octanol–water partition coefficient (Wildman–Crippen LogP) is 6.17. The van der Waals surface area contributed by atoms with Gasteiger partial charge in [0.05, 0.1) is 0 Å². The molecule has 0 radical (unpaired) electrons. The Balaban J connectivity index is 1.81. The van der Waals surface area contributed by atoms with E-state index in [1.165, 1.54) is 16.7 Å². The smallest absolute Gasteiger partial charge is 0.258 e. The van der Waals surface area contributed by atoms with Gasteiger partial charge in [-0.05, 0) is 78.3 Å². The molecule has 2 nitrogen and oxygen atoms in total. The summed E-state index contributed by atoms with van der Waals surface area (Å²) in [5, 5.41) is 0. The van der Waals surface area contributed by atoms with Gasteiger partial charge in [0.1, 0.15) is 0 Å². The number of carbonyl (C=O) groups is 1. The fraction of sp³-hybridized carbons (Fsp3) is 0.208. The van der Waals surface area contributed by atoms with Crippen molar-refractivity contribution in [1.29, 1.82) is 0 Å². The third-order valence-electron chi connectivity index (χ3n) is 5.33. The van der Waals surface area contributed by atoms with Crippen molar-refractivity contribution in [2.24, 2.45) is 0 Å². The molecule has 0 spiro atoms. The molecule has 0 saturated carbocycles. The lowest BCUT2D eigenvalue weighted by molar-refractivity contribution is 0.0974. The molecule has 3 aromatic carbocycles. The molecule has 3 aromatic rings. The van der Waals surface area contributed by atoms with E-state index >= 15 is 0 Å². The van der Waals surface area contributed by atoms with Crippen molar-refractivity contribution < 1.29 is 4.79 Å². The highest BCUT2D eigenvalue weighted by molar-refractivity contribution is 14.1. The highest BCUT2D eigenvalue weighted by Crippen LogP contribution is 2.43. The van der Waals surface area contributed by atoms with Crippen molar-refractivity contribution in [3.63, 3.8) is 0 Å². The van der Waals surface area contributed by atoms with E-state index in [0.29, 0.717) is 5.92 Å². The molecule has 1 heterocycles. The molecule has 27 heavy (non-hydrogen) atoms. The number of benzene rings is 3. The number of amides is 1. The number of anilines is 1. The first-order valence-corrected chi connectivity index (χ1v) is 10.4. The van der Waals surface area contributed by atoms with Crippen molar-refractivity contribution in [3.8, 4) is 0 Å². The lowest BCUT2D eigenvalue weighted by Gasteiger charge is -2.40. The zero-order valence-corrected chi connectivity index (χ0v) is 17.7. The molecular weight excluding hydrogens is 445 g/mol. The lowest BCUT2D eigenvalue weighted by atomic mass is 9.80. The Labute approximate surface area is 174 Å². The van der Waals surface area contributed by atoms with Crippen LogP contribution in [0.5, 0.6) is 0 Å². The maximum atomic E-state index is 13.4. The Hall–Kier alpha value is -2.14.